The van der Waals surface area contributed by atoms with Crippen molar-refractivity contribution in [3.05, 3.63) is 41.8 Å². The predicted octanol–water partition coefficient (Wildman–Crippen LogP) is 5.26. The number of hydrogen-bond donors (Lipinski definition) is 5. The number of anilines is 1. The van der Waals surface area contributed by atoms with Crippen molar-refractivity contribution in [2.75, 3.05) is 25.5 Å². The Hall–Kier alpha value is -4.92. The van der Waals surface area contributed by atoms with Crippen molar-refractivity contribution in [2.45, 2.75) is 103 Å². The standard InChI is InChI=1S/C39H51N7O7S/c1-8-22-18-39(22,35(49)50)45-33(47)29-15-24(19-46(29)34(48)32(38(4,5)6)44-36(51)41-23-12-10-11-13-23)53-31-17-27(28-20-54-37(43-28)40-9-2)42-26-16-30(52-7)21(3)14-25(26)31/h8,14,16-17,20,22-24,29,32H,1,9-13,15,18-19H2,2-7H3,(H,40,43)(H,45,47)(H,49,50)(H2,41,44,51)/t22-,24-,29+,32-,39-/m1/s1. The summed E-state index contributed by atoms with van der Waals surface area (Å²) < 4.78 is 12.3. The van der Waals surface area contributed by atoms with E-state index in [1.807, 2.05) is 58.2 Å². The minimum absolute atomic E-state index is 0.00986. The fraction of sp³-hybridized carbons (Fsp3) is 0.538. The number of nitrogens with one attached hydrogen (secondary N) is 4. The molecule has 15 heteroatoms. The van der Waals surface area contributed by atoms with Crippen molar-refractivity contribution in [1.29, 1.82) is 0 Å². The summed E-state index contributed by atoms with van der Waals surface area (Å²) in [7, 11) is 1.60. The number of amides is 4. The van der Waals surface area contributed by atoms with Crippen LogP contribution in [0.25, 0.3) is 22.3 Å². The number of ether oxygens (including phenoxy) is 2. The molecule has 2 saturated carbocycles. The number of hydrogen-bond acceptors (Lipinski definition) is 10. The van der Waals surface area contributed by atoms with Gasteiger partial charge < -0.3 is 40.7 Å². The monoisotopic (exact) mass is 761 g/mol. The molecular formula is C39H51N7O7S. The van der Waals surface area contributed by atoms with E-state index >= 15 is 0 Å². The van der Waals surface area contributed by atoms with Gasteiger partial charge in [-0.3, -0.25) is 9.59 Å². The van der Waals surface area contributed by atoms with Crippen LogP contribution in [0.3, 0.4) is 0 Å². The largest absolute Gasteiger partial charge is 0.496 e. The molecule has 5 N–H and O–H groups in total. The average molecular weight is 762 g/mol. The number of thiazole rings is 1. The Morgan fingerprint density at radius 3 is 2.50 bits per heavy atom. The van der Waals surface area contributed by atoms with Crippen LogP contribution in [-0.4, -0.2) is 93.8 Å². The van der Waals surface area contributed by atoms with Gasteiger partial charge in [-0.25, -0.2) is 19.6 Å². The molecule has 3 aromatic rings. The van der Waals surface area contributed by atoms with Crippen LogP contribution in [0, 0.1) is 18.3 Å². The number of pyridine rings is 1. The molecule has 3 heterocycles. The first-order valence-electron chi connectivity index (χ1n) is 18.6. The maximum Gasteiger partial charge on any atom is 0.330 e. The molecule has 3 aliphatic rings. The maximum absolute atomic E-state index is 14.6. The predicted molar refractivity (Wildman–Crippen MR) is 207 cm³/mol. The molecule has 5 atom stereocenters. The van der Waals surface area contributed by atoms with Gasteiger partial charge in [-0.15, -0.1) is 17.9 Å². The second-order valence-electron chi connectivity index (χ2n) is 15.6. The fourth-order valence-corrected chi connectivity index (χ4v) is 8.30. The summed E-state index contributed by atoms with van der Waals surface area (Å²) >= 11 is 1.46. The number of aryl methyl sites for hydroxylation is 1. The van der Waals surface area contributed by atoms with E-state index in [9.17, 15) is 24.3 Å². The van der Waals surface area contributed by atoms with E-state index in [0.717, 1.165) is 36.4 Å². The van der Waals surface area contributed by atoms with Crippen molar-refractivity contribution in [3.63, 3.8) is 0 Å². The number of carbonyl (C=O) groups is 4. The van der Waals surface area contributed by atoms with Gasteiger partial charge in [0.15, 0.2) is 5.13 Å². The molecule has 1 aromatic carbocycles. The van der Waals surface area contributed by atoms with Gasteiger partial charge in [0.1, 0.15) is 40.9 Å². The summed E-state index contributed by atoms with van der Waals surface area (Å²) in [5, 5.41) is 25.3. The van der Waals surface area contributed by atoms with Crippen molar-refractivity contribution in [3.8, 4) is 22.9 Å². The summed E-state index contributed by atoms with van der Waals surface area (Å²) in [5.74, 6) is -1.54. The summed E-state index contributed by atoms with van der Waals surface area (Å²) in [6, 6.07) is 3.09. The molecule has 0 spiro atoms. The van der Waals surface area contributed by atoms with Crippen LogP contribution in [0.5, 0.6) is 11.5 Å². The molecule has 1 aliphatic heterocycles. The Morgan fingerprint density at radius 2 is 1.87 bits per heavy atom. The zero-order valence-corrected chi connectivity index (χ0v) is 32.6. The van der Waals surface area contributed by atoms with Gasteiger partial charge in [0.25, 0.3) is 0 Å². The van der Waals surface area contributed by atoms with Crippen LogP contribution in [0.2, 0.25) is 0 Å². The highest BCUT2D eigenvalue weighted by Gasteiger charge is 2.61. The van der Waals surface area contributed by atoms with Crippen LogP contribution in [0.1, 0.15) is 71.8 Å². The van der Waals surface area contributed by atoms with E-state index in [-0.39, 0.29) is 25.4 Å². The lowest BCUT2D eigenvalue weighted by Crippen LogP contribution is -2.60. The molecule has 6 rings (SSSR count). The second-order valence-corrected chi connectivity index (χ2v) is 16.5. The first-order valence-corrected chi connectivity index (χ1v) is 19.5. The van der Waals surface area contributed by atoms with E-state index < -0.39 is 58.9 Å². The van der Waals surface area contributed by atoms with Crippen molar-refractivity contribution in [1.82, 2.24) is 30.8 Å². The number of aliphatic carboxylic acids is 1. The number of urea groups is 1. The minimum atomic E-state index is -1.50. The van der Waals surface area contributed by atoms with Crippen molar-refractivity contribution >= 4 is 51.2 Å². The summed E-state index contributed by atoms with van der Waals surface area (Å²) in [5.41, 5.74) is 0.466. The number of methoxy groups -OCH3 is 1. The lowest BCUT2D eigenvalue weighted by molar-refractivity contribution is -0.146. The molecule has 290 valence electrons. The SMILES string of the molecule is C=C[C@@H]1C[C@]1(NC(=O)[C@@H]1C[C@@H](Oc2cc(-c3csc(NCC)n3)nc3cc(OC)c(C)cc23)CN1C(=O)[C@@H](NC(=O)NC1CCCC1)C(C)(C)C)C(=O)O. The van der Waals surface area contributed by atoms with Crippen LogP contribution in [-0.2, 0) is 14.4 Å². The summed E-state index contributed by atoms with van der Waals surface area (Å²) in [4.78, 5) is 65.4. The number of nitrogens with zero attached hydrogens (tertiary/aromatic N) is 3. The highest BCUT2D eigenvalue weighted by Crippen LogP contribution is 2.45. The van der Waals surface area contributed by atoms with Crippen molar-refractivity contribution in [2.24, 2.45) is 11.3 Å². The zero-order valence-electron chi connectivity index (χ0n) is 31.8. The van der Waals surface area contributed by atoms with Gasteiger partial charge in [-0.1, -0.05) is 39.7 Å². The van der Waals surface area contributed by atoms with E-state index in [0.29, 0.717) is 40.3 Å². The Morgan fingerprint density at radius 1 is 1.13 bits per heavy atom. The fourth-order valence-electron chi connectivity index (χ4n) is 7.52. The van der Waals surface area contributed by atoms with Gasteiger partial charge >= 0.3 is 12.0 Å². The number of carboxylic acids is 1. The molecule has 2 aromatic heterocycles. The lowest BCUT2D eigenvalue weighted by atomic mass is 9.85. The highest BCUT2D eigenvalue weighted by atomic mass is 32.1. The summed E-state index contributed by atoms with van der Waals surface area (Å²) in [6.45, 7) is 13.9. The quantitative estimate of drug-likeness (QED) is 0.144. The van der Waals surface area contributed by atoms with Gasteiger partial charge in [-0.05, 0) is 50.2 Å². The normalized spacial score (nSPS) is 23.1. The maximum atomic E-state index is 14.6. The lowest BCUT2D eigenvalue weighted by Gasteiger charge is -2.35. The van der Waals surface area contributed by atoms with E-state index in [4.69, 9.17) is 19.4 Å². The molecule has 3 fully saturated rings. The van der Waals surface area contributed by atoms with Crippen LogP contribution in [0.15, 0.2) is 36.2 Å². The third kappa shape index (κ3) is 7.96. The molecule has 1 saturated heterocycles. The van der Waals surface area contributed by atoms with Crippen LogP contribution >= 0.6 is 11.3 Å². The molecular weight excluding hydrogens is 711 g/mol. The van der Waals surface area contributed by atoms with E-state index in [2.05, 4.69) is 27.8 Å². The molecule has 54 heavy (non-hydrogen) atoms. The average Bonchev–Trinajstić information content (AvgIpc) is 3.54. The minimum Gasteiger partial charge on any atom is -0.496 e. The van der Waals surface area contributed by atoms with Gasteiger partial charge in [0.05, 0.1) is 24.9 Å². The molecule has 0 radical (unpaired) electrons. The van der Waals surface area contributed by atoms with Gasteiger partial charge in [0, 0.05) is 47.8 Å². The third-order valence-electron chi connectivity index (χ3n) is 10.6. The van der Waals surface area contributed by atoms with Gasteiger partial charge in [-0.2, -0.15) is 0 Å². The smallest absolute Gasteiger partial charge is 0.330 e. The number of fused-ring (bicyclic) bond motifs is 1. The topological polar surface area (TPSA) is 184 Å². The first kappa shape index (κ1) is 38.8. The Balaban J connectivity index is 1.34. The number of carboxylic acid groups (broad SMARTS) is 1. The Bertz CT molecular complexity index is 1940. The zero-order chi connectivity index (χ0) is 38.9. The number of aromatic nitrogens is 2. The number of likely N-dealkylation sites (tertiary alicyclic amines) is 1. The molecule has 2 aliphatic carbocycles. The number of rotatable bonds is 13. The van der Waals surface area contributed by atoms with Crippen LogP contribution < -0.4 is 30.7 Å². The molecule has 14 nitrogen and oxygen atoms in total. The molecule has 0 bridgehead atoms. The molecule has 0 unspecified atom stereocenters. The molecule has 4 amide bonds. The first-order chi connectivity index (χ1) is 25.7. The van der Waals surface area contributed by atoms with E-state index in [1.54, 1.807) is 7.11 Å². The second kappa shape index (κ2) is 15.4. The number of carbonyl (C=O) groups excluding carboxylic acids is 3. The van der Waals surface area contributed by atoms with E-state index in [1.165, 1.54) is 22.3 Å². The van der Waals surface area contributed by atoms with Gasteiger partial charge in [0.2, 0.25) is 11.8 Å². The summed E-state index contributed by atoms with van der Waals surface area (Å²) in [6.07, 6.45) is 4.94. The highest BCUT2D eigenvalue weighted by molar-refractivity contribution is 7.14. The van der Waals surface area contributed by atoms with Crippen LogP contribution in [0.4, 0.5) is 9.93 Å². The Kier molecular flexibility index (Phi) is 11.1. The Labute approximate surface area is 319 Å². The number of benzene rings is 1. The third-order valence-corrected chi connectivity index (χ3v) is 11.4. The van der Waals surface area contributed by atoms with Crippen molar-refractivity contribution < 1.29 is 33.8 Å².